The van der Waals surface area contributed by atoms with Crippen molar-refractivity contribution >= 4 is 11.9 Å². The minimum absolute atomic E-state index is 0.145. The predicted octanol–water partition coefficient (Wildman–Crippen LogP) is 9.96. The number of carbonyl (C=O) groups excluding carboxylic acids is 1. The molecule has 0 heterocycles. The first-order chi connectivity index (χ1) is 17.6. The molecule has 0 aromatic carbocycles. The Morgan fingerprint density at radius 1 is 0.583 bits per heavy atom. The molecule has 1 unspecified atom stereocenters. The van der Waals surface area contributed by atoms with Crippen molar-refractivity contribution < 1.29 is 19.4 Å². The van der Waals surface area contributed by atoms with Crippen LogP contribution in [0.25, 0.3) is 0 Å². The van der Waals surface area contributed by atoms with E-state index in [2.05, 4.69) is 13.2 Å². The number of hydrogen-bond donors (Lipinski definition) is 1. The first kappa shape index (κ1) is 34.4. The molecule has 1 atom stereocenters. The standard InChI is InChI=1S/C32H58O4/c1-3-5-6-7-8-9-10-11-12-13-14-15-16-17-18-19-20-21-22-23-24-25-26-27-30(29-31(33)34)32(35)36-28-4-2/h3-4,30H,1-2,5-29H2,(H,33,34). The maximum absolute atomic E-state index is 12.0. The van der Waals surface area contributed by atoms with E-state index in [1.165, 1.54) is 128 Å². The normalized spacial score (nSPS) is 11.8. The average molecular weight is 507 g/mol. The van der Waals surface area contributed by atoms with Gasteiger partial charge in [0.2, 0.25) is 0 Å². The zero-order chi connectivity index (χ0) is 26.5. The molecule has 4 nitrogen and oxygen atoms in total. The average Bonchev–Trinajstić information content (AvgIpc) is 2.86. The largest absolute Gasteiger partial charge is 0.481 e. The smallest absolute Gasteiger partial charge is 0.309 e. The molecule has 0 aromatic heterocycles. The molecule has 0 saturated heterocycles. The van der Waals surface area contributed by atoms with Crippen LogP contribution in [0.15, 0.2) is 25.3 Å². The Morgan fingerprint density at radius 2 is 0.944 bits per heavy atom. The fourth-order valence-electron chi connectivity index (χ4n) is 4.81. The lowest BCUT2D eigenvalue weighted by Gasteiger charge is -2.13. The summed E-state index contributed by atoms with van der Waals surface area (Å²) in [5, 5.41) is 9.01. The van der Waals surface area contributed by atoms with E-state index < -0.39 is 17.9 Å². The highest BCUT2D eigenvalue weighted by molar-refractivity contribution is 5.79. The number of rotatable bonds is 29. The molecule has 0 aliphatic rings. The molecular weight excluding hydrogens is 448 g/mol. The summed E-state index contributed by atoms with van der Waals surface area (Å²) < 4.78 is 5.03. The number of allylic oxidation sites excluding steroid dienone is 1. The molecule has 1 N–H and O–H groups in total. The molecule has 0 rings (SSSR count). The van der Waals surface area contributed by atoms with E-state index in [1.807, 2.05) is 6.08 Å². The van der Waals surface area contributed by atoms with Gasteiger partial charge in [-0.25, -0.2) is 0 Å². The topological polar surface area (TPSA) is 63.6 Å². The molecule has 0 radical (unpaired) electrons. The second-order valence-corrected chi connectivity index (χ2v) is 10.5. The number of unbranched alkanes of at least 4 members (excludes halogenated alkanes) is 21. The third kappa shape index (κ3) is 25.5. The van der Waals surface area contributed by atoms with Gasteiger partial charge in [-0.15, -0.1) is 6.58 Å². The molecular formula is C32H58O4. The molecule has 0 bridgehead atoms. The van der Waals surface area contributed by atoms with Gasteiger partial charge in [-0.2, -0.15) is 0 Å². The van der Waals surface area contributed by atoms with Crippen LogP contribution in [0.3, 0.4) is 0 Å². The van der Waals surface area contributed by atoms with Crippen LogP contribution >= 0.6 is 0 Å². The summed E-state index contributed by atoms with van der Waals surface area (Å²) in [7, 11) is 0. The third-order valence-electron chi connectivity index (χ3n) is 7.06. The fourth-order valence-corrected chi connectivity index (χ4v) is 4.81. The summed E-state index contributed by atoms with van der Waals surface area (Å²) in [5.41, 5.74) is 0. The first-order valence-electron chi connectivity index (χ1n) is 15.2. The van der Waals surface area contributed by atoms with Gasteiger partial charge in [0.25, 0.3) is 0 Å². The Hall–Kier alpha value is -1.58. The number of aliphatic carboxylic acids is 1. The lowest BCUT2D eigenvalue weighted by atomic mass is 9.97. The quantitative estimate of drug-likeness (QED) is 0.0622. The van der Waals surface area contributed by atoms with Crippen LogP contribution in [0.1, 0.15) is 154 Å². The Balaban J connectivity index is 3.34. The Morgan fingerprint density at radius 3 is 1.28 bits per heavy atom. The van der Waals surface area contributed by atoms with Crippen LogP contribution in [0, 0.1) is 5.92 Å². The summed E-state index contributed by atoms with van der Waals surface area (Å²) >= 11 is 0. The van der Waals surface area contributed by atoms with E-state index in [4.69, 9.17) is 9.84 Å². The van der Waals surface area contributed by atoms with Crippen molar-refractivity contribution in [1.29, 1.82) is 0 Å². The van der Waals surface area contributed by atoms with Crippen molar-refractivity contribution in [1.82, 2.24) is 0 Å². The highest BCUT2D eigenvalue weighted by Gasteiger charge is 2.22. The van der Waals surface area contributed by atoms with Gasteiger partial charge >= 0.3 is 11.9 Å². The van der Waals surface area contributed by atoms with Gasteiger partial charge in [-0.05, 0) is 19.3 Å². The molecule has 210 valence electrons. The molecule has 0 fully saturated rings. The highest BCUT2D eigenvalue weighted by Crippen LogP contribution is 2.18. The summed E-state index contributed by atoms with van der Waals surface area (Å²) in [4.78, 5) is 22.9. The van der Waals surface area contributed by atoms with Gasteiger partial charge < -0.3 is 9.84 Å². The monoisotopic (exact) mass is 506 g/mol. The number of carbonyl (C=O) groups is 2. The second kappa shape index (κ2) is 28.0. The van der Waals surface area contributed by atoms with Crippen LogP contribution in [-0.2, 0) is 14.3 Å². The van der Waals surface area contributed by atoms with Crippen LogP contribution < -0.4 is 0 Å². The van der Waals surface area contributed by atoms with Crippen molar-refractivity contribution in [3.63, 3.8) is 0 Å². The number of hydrogen-bond acceptors (Lipinski definition) is 3. The van der Waals surface area contributed by atoms with Crippen molar-refractivity contribution in [2.75, 3.05) is 6.61 Å². The SMILES string of the molecule is C=CCCCCCCCCCCCCCCCCCCCCCCCC(CC(=O)O)C(=O)OCC=C. The maximum Gasteiger partial charge on any atom is 0.309 e. The van der Waals surface area contributed by atoms with E-state index in [9.17, 15) is 9.59 Å². The molecule has 0 spiro atoms. The summed E-state index contributed by atoms with van der Waals surface area (Å²) in [5.74, 6) is -1.88. The molecule has 0 saturated carbocycles. The van der Waals surface area contributed by atoms with Crippen molar-refractivity contribution in [2.24, 2.45) is 5.92 Å². The van der Waals surface area contributed by atoms with Gasteiger partial charge in [0, 0.05) is 0 Å². The molecule has 36 heavy (non-hydrogen) atoms. The lowest BCUT2D eigenvalue weighted by Crippen LogP contribution is -2.21. The minimum atomic E-state index is -0.942. The Kier molecular flexibility index (Phi) is 26.8. The molecule has 0 aliphatic heterocycles. The highest BCUT2D eigenvalue weighted by atomic mass is 16.5. The van der Waals surface area contributed by atoms with Crippen molar-refractivity contribution in [3.8, 4) is 0 Å². The van der Waals surface area contributed by atoms with Gasteiger partial charge in [-0.1, -0.05) is 147 Å². The van der Waals surface area contributed by atoms with E-state index in [1.54, 1.807) is 0 Å². The van der Waals surface area contributed by atoms with E-state index in [0.29, 0.717) is 6.42 Å². The van der Waals surface area contributed by atoms with Gasteiger partial charge in [-0.3, -0.25) is 9.59 Å². The number of ether oxygens (including phenoxy) is 1. The summed E-state index contributed by atoms with van der Waals surface area (Å²) in [6.45, 7) is 7.45. The predicted molar refractivity (Wildman–Crippen MR) is 153 cm³/mol. The second-order valence-electron chi connectivity index (χ2n) is 10.5. The third-order valence-corrected chi connectivity index (χ3v) is 7.06. The number of esters is 1. The van der Waals surface area contributed by atoms with E-state index >= 15 is 0 Å². The van der Waals surface area contributed by atoms with Gasteiger partial charge in [0.15, 0.2) is 0 Å². The Bertz CT molecular complexity index is 528. The maximum atomic E-state index is 12.0. The number of carboxylic acid groups (broad SMARTS) is 1. The molecule has 0 amide bonds. The molecule has 4 heteroatoms. The van der Waals surface area contributed by atoms with E-state index in [-0.39, 0.29) is 13.0 Å². The molecule has 0 aromatic rings. The lowest BCUT2D eigenvalue weighted by molar-refractivity contribution is -0.152. The van der Waals surface area contributed by atoms with Crippen LogP contribution in [0.2, 0.25) is 0 Å². The van der Waals surface area contributed by atoms with Gasteiger partial charge in [0.05, 0.1) is 12.3 Å². The summed E-state index contributed by atoms with van der Waals surface area (Å²) in [6, 6.07) is 0. The zero-order valence-corrected chi connectivity index (χ0v) is 23.5. The van der Waals surface area contributed by atoms with E-state index in [0.717, 1.165) is 19.3 Å². The summed E-state index contributed by atoms with van der Waals surface area (Å²) in [6.07, 6.45) is 33.1. The van der Waals surface area contributed by atoms with Crippen LogP contribution in [0.5, 0.6) is 0 Å². The van der Waals surface area contributed by atoms with Crippen LogP contribution in [0.4, 0.5) is 0 Å². The van der Waals surface area contributed by atoms with Crippen LogP contribution in [-0.4, -0.2) is 23.7 Å². The first-order valence-corrected chi connectivity index (χ1v) is 15.2. The van der Waals surface area contributed by atoms with Crippen molar-refractivity contribution in [3.05, 3.63) is 25.3 Å². The fraction of sp³-hybridized carbons (Fsp3) is 0.812. The van der Waals surface area contributed by atoms with Gasteiger partial charge in [0.1, 0.15) is 6.61 Å². The Labute approximate surface area is 223 Å². The van der Waals surface area contributed by atoms with Crippen molar-refractivity contribution in [2.45, 2.75) is 154 Å². The minimum Gasteiger partial charge on any atom is -0.481 e. The molecule has 0 aliphatic carbocycles. The number of carboxylic acids is 1. The zero-order valence-electron chi connectivity index (χ0n) is 23.5.